The van der Waals surface area contributed by atoms with Crippen LogP contribution in [0, 0.1) is 6.92 Å². The second-order valence-corrected chi connectivity index (χ2v) is 6.34. The summed E-state index contributed by atoms with van der Waals surface area (Å²) in [6.45, 7) is 2.04. The van der Waals surface area contributed by atoms with Crippen molar-refractivity contribution in [3.05, 3.63) is 93.7 Å². The highest BCUT2D eigenvalue weighted by Crippen LogP contribution is 2.26. The molecule has 122 valence electrons. The lowest BCUT2D eigenvalue weighted by atomic mass is 10.0. The number of aromatic nitrogens is 2. The van der Waals surface area contributed by atoms with Crippen LogP contribution in [0.5, 0.6) is 0 Å². The monoisotopic (exact) mass is 346 g/mol. The van der Waals surface area contributed by atoms with Gasteiger partial charge in [0.25, 0.3) is 5.56 Å². The van der Waals surface area contributed by atoms with Crippen LogP contribution in [-0.2, 0) is 0 Å². The summed E-state index contributed by atoms with van der Waals surface area (Å²) in [5.74, 6) is 0. The van der Waals surface area contributed by atoms with E-state index < -0.39 is 0 Å². The summed E-state index contributed by atoms with van der Waals surface area (Å²) in [5.41, 5.74) is 3.29. The molecule has 0 saturated heterocycles. The van der Waals surface area contributed by atoms with Crippen LogP contribution in [0.15, 0.2) is 77.6 Å². The average molecular weight is 347 g/mol. The first-order valence-electron chi connectivity index (χ1n) is 7.99. The zero-order chi connectivity index (χ0) is 17.4. The molecule has 0 amide bonds. The van der Waals surface area contributed by atoms with Crippen LogP contribution >= 0.6 is 11.6 Å². The average Bonchev–Trinajstić information content (AvgIpc) is 2.64. The number of para-hydroxylation sites is 1. The molecule has 0 saturated carbocycles. The van der Waals surface area contributed by atoms with Gasteiger partial charge in [-0.15, -0.1) is 0 Å². The molecule has 0 unspecified atom stereocenters. The summed E-state index contributed by atoms with van der Waals surface area (Å²) in [6, 6.07) is 22.9. The molecule has 0 fully saturated rings. The highest BCUT2D eigenvalue weighted by atomic mass is 35.5. The van der Waals surface area contributed by atoms with E-state index in [1.165, 1.54) is 10.2 Å². The van der Waals surface area contributed by atoms with E-state index in [0.29, 0.717) is 16.1 Å². The van der Waals surface area contributed by atoms with Crippen LogP contribution in [0.3, 0.4) is 0 Å². The van der Waals surface area contributed by atoms with Gasteiger partial charge in [-0.2, -0.15) is 9.78 Å². The molecule has 0 atom stereocenters. The number of fused-ring (bicyclic) bond motifs is 1. The highest BCUT2D eigenvalue weighted by Gasteiger charge is 2.14. The third kappa shape index (κ3) is 2.73. The molecular weight excluding hydrogens is 332 g/mol. The lowest BCUT2D eigenvalue weighted by Crippen LogP contribution is -2.22. The Morgan fingerprint density at radius 2 is 1.48 bits per heavy atom. The molecular formula is C21H15ClN2O. The fourth-order valence-electron chi connectivity index (χ4n) is 2.90. The Hall–Kier alpha value is -2.91. The fraction of sp³-hybridized carbons (Fsp3) is 0.0476. The van der Waals surface area contributed by atoms with Crippen molar-refractivity contribution >= 4 is 22.4 Å². The first-order valence-corrected chi connectivity index (χ1v) is 8.37. The van der Waals surface area contributed by atoms with Gasteiger partial charge in [-0.1, -0.05) is 71.8 Å². The summed E-state index contributed by atoms with van der Waals surface area (Å²) in [6.07, 6.45) is 0. The first-order chi connectivity index (χ1) is 12.1. The van der Waals surface area contributed by atoms with Crippen LogP contribution in [0.2, 0.25) is 5.02 Å². The van der Waals surface area contributed by atoms with Crippen LogP contribution in [-0.4, -0.2) is 9.78 Å². The number of hydrogen-bond donors (Lipinski definition) is 0. The standard InChI is InChI=1S/C21H15ClN2O/c1-14-10-12-15(13-11-14)20-16-6-2-3-7-17(16)21(25)24(23-20)19-9-5-4-8-18(19)22/h2-13H,1H3. The zero-order valence-corrected chi connectivity index (χ0v) is 14.4. The van der Waals surface area contributed by atoms with Crippen molar-refractivity contribution in [2.75, 3.05) is 0 Å². The molecule has 25 heavy (non-hydrogen) atoms. The van der Waals surface area contributed by atoms with Gasteiger partial charge >= 0.3 is 0 Å². The quantitative estimate of drug-likeness (QED) is 0.511. The van der Waals surface area contributed by atoms with E-state index >= 15 is 0 Å². The maximum absolute atomic E-state index is 13.0. The second kappa shape index (κ2) is 6.19. The third-order valence-corrected chi connectivity index (χ3v) is 4.53. The van der Waals surface area contributed by atoms with Gasteiger partial charge in [0.1, 0.15) is 0 Å². The molecule has 4 heteroatoms. The summed E-state index contributed by atoms with van der Waals surface area (Å²) in [7, 11) is 0. The van der Waals surface area contributed by atoms with Crippen LogP contribution in [0.25, 0.3) is 27.7 Å². The minimum Gasteiger partial charge on any atom is -0.267 e. The predicted octanol–water partition coefficient (Wildman–Crippen LogP) is 5.01. The molecule has 1 heterocycles. The van der Waals surface area contributed by atoms with Crippen molar-refractivity contribution in [1.82, 2.24) is 9.78 Å². The van der Waals surface area contributed by atoms with E-state index in [9.17, 15) is 4.79 Å². The minimum atomic E-state index is -0.181. The summed E-state index contributed by atoms with van der Waals surface area (Å²) >= 11 is 6.30. The second-order valence-electron chi connectivity index (χ2n) is 5.93. The van der Waals surface area contributed by atoms with Gasteiger partial charge in [-0.25, -0.2) is 0 Å². The topological polar surface area (TPSA) is 34.9 Å². The molecule has 3 nitrogen and oxygen atoms in total. The maximum atomic E-state index is 13.0. The van der Waals surface area contributed by atoms with Crippen LogP contribution in [0.1, 0.15) is 5.56 Å². The number of hydrogen-bond acceptors (Lipinski definition) is 2. The van der Waals surface area contributed by atoms with E-state index in [0.717, 1.165) is 16.6 Å². The maximum Gasteiger partial charge on any atom is 0.279 e. The van der Waals surface area contributed by atoms with E-state index in [1.807, 2.05) is 67.6 Å². The smallest absolute Gasteiger partial charge is 0.267 e. The predicted molar refractivity (Wildman–Crippen MR) is 103 cm³/mol. The fourth-order valence-corrected chi connectivity index (χ4v) is 3.12. The van der Waals surface area contributed by atoms with Crippen molar-refractivity contribution in [2.24, 2.45) is 0 Å². The van der Waals surface area contributed by atoms with Crippen LogP contribution < -0.4 is 5.56 Å². The number of aryl methyl sites for hydroxylation is 1. The molecule has 4 aromatic rings. The third-order valence-electron chi connectivity index (χ3n) is 4.21. The Bertz CT molecular complexity index is 1130. The largest absolute Gasteiger partial charge is 0.279 e. The Kier molecular flexibility index (Phi) is 3.86. The van der Waals surface area contributed by atoms with Gasteiger partial charge in [0.05, 0.1) is 21.8 Å². The van der Waals surface area contributed by atoms with Gasteiger partial charge in [-0.3, -0.25) is 4.79 Å². The number of benzene rings is 3. The molecule has 0 spiro atoms. The van der Waals surface area contributed by atoms with E-state index in [4.69, 9.17) is 11.6 Å². The number of halogens is 1. The number of nitrogens with zero attached hydrogens (tertiary/aromatic N) is 2. The zero-order valence-electron chi connectivity index (χ0n) is 13.6. The SMILES string of the molecule is Cc1ccc(-c2nn(-c3ccccc3Cl)c(=O)c3ccccc23)cc1. The molecule has 4 rings (SSSR count). The van der Waals surface area contributed by atoms with Gasteiger partial charge in [0.2, 0.25) is 0 Å². The Labute approximate surface area is 150 Å². The van der Waals surface area contributed by atoms with Crippen molar-refractivity contribution in [1.29, 1.82) is 0 Å². The molecule has 0 aliphatic rings. The molecule has 0 aliphatic carbocycles. The van der Waals surface area contributed by atoms with Gasteiger partial charge in [0.15, 0.2) is 0 Å². The lowest BCUT2D eigenvalue weighted by Gasteiger charge is -2.12. The summed E-state index contributed by atoms with van der Waals surface area (Å²) < 4.78 is 1.39. The molecule has 0 aliphatic heterocycles. The van der Waals surface area contributed by atoms with E-state index in [1.54, 1.807) is 12.1 Å². The van der Waals surface area contributed by atoms with Gasteiger partial charge < -0.3 is 0 Å². The van der Waals surface area contributed by atoms with Gasteiger partial charge in [0, 0.05) is 10.9 Å². The molecule has 1 aromatic heterocycles. The van der Waals surface area contributed by atoms with Crippen molar-refractivity contribution in [3.63, 3.8) is 0 Å². The summed E-state index contributed by atoms with van der Waals surface area (Å²) in [4.78, 5) is 13.0. The first kappa shape index (κ1) is 15.6. The van der Waals surface area contributed by atoms with Crippen molar-refractivity contribution in [3.8, 4) is 16.9 Å². The van der Waals surface area contributed by atoms with E-state index in [-0.39, 0.29) is 5.56 Å². The molecule has 0 radical (unpaired) electrons. The Balaban J connectivity index is 2.09. The highest BCUT2D eigenvalue weighted by molar-refractivity contribution is 6.32. The van der Waals surface area contributed by atoms with Crippen LogP contribution in [0.4, 0.5) is 0 Å². The Morgan fingerprint density at radius 1 is 0.840 bits per heavy atom. The molecule has 3 aromatic carbocycles. The molecule has 0 N–H and O–H groups in total. The van der Waals surface area contributed by atoms with Crippen molar-refractivity contribution in [2.45, 2.75) is 6.92 Å². The van der Waals surface area contributed by atoms with Gasteiger partial charge in [-0.05, 0) is 25.1 Å². The Morgan fingerprint density at radius 3 is 2.20 bits per heavy atom. The number of rotatable bonds is 2. The minimum absolute atomic E-state index is 0.181. The van der Waals surface area contributed by atoms with E-state index in [2.05, 4.69) is 5.10 Å². The normalized spacial score (nSPS) is 11.0. The summed E-state index contributed by atoms with van der Waals surface area (Å²) in [5, 5.41) is 6.59. The van der Waals surface area contributed by atoms with Crippen molar-refractivity contribution < 1.29 is 0 Å². The lowest BCUT2D eigenvalue weighted by molar-refractivity contribution is 0.826. The molecule has 0 bridgehead atoms.